The summed E-state index contributed by atoms with van der Waals surface area (Å²) >= 11 is 0. The van der Waals surface area contributed by atoms with Crippen LogP contribution in [0.25, 0.3) is 0 Å². The molecule has 1 aromatic heterocycles. The van der Waals surface area contributed by atoms with Crippen molar-refractivity contribution < 1.29 is 14.5 Å². The number of aromatic nitrogens is 1. The zero-order valence-corrected chi connectivity index (χ0v) is 14.2. The lowest BCUT2D eigenvalue weighted by Gasteiger charge is -2.27. The Balaban J connectivity index is 2.11. The summed E-state index contributed by atoms with van der Waals surface area (Å²) in [6.45, 7) is 1.71. The number of amidine groups is 1. The molecule has 26 heavy (non-hydrogen) atoms. The van der Waals surface area contributed by atoms with Gasteiger partial charge in [0, 0.05) is 30.1 Å². The lowest BCUT2D eigenvalue weighted by Crippen LogP contribution is -2.36. The van der Waals surface area contributed by atoms with Crippen molar-refractivity contribution in [1.82, 2.24) is 10.3 Å². The largest absolute Gasteiger partial charge is 0.466 e. The van der Waals surface area contributed by atoms with E-state index in [1.807, 2.05) is 0 Å². The molecular formula is C18H16N4O4. The molecule has 8 nitrogen and oxygen atoms in total. The Morgan fingerprint density at radius 3 is 2.65 bits per heavy atom. The first-order valence-corrected chi connectivity index (χ1v) is 7.80. The number of aliphatic imine (C=N–C) groups is 1. The molecule has 1 atom stereocenters. The molecule has 1 N–H and O–H groups in total. The summed E-state index contributed by atoms with van der Waals surface area (Å²) in [5.41, 5.74) is 2.10. The second-order valence-electron chi connectivity index (χ2n) is 5.62. The summed E-state index contributed by atoms with van der Waals surface area (Å²) in [5, 5.41) is 14.3. The first kappa shape index (κ1) is 17.3. The number of hydrogen-bond acceptors (Lipinski definition) is 7. The van der Waals surface area contributed by atoms with Gasteiger partial charge in [-0.3, -0.25) is 15.1 Å². The molecule has 132 valence electrons. The van der Waals surface area contributed by atoms with E-state index < -0.39 is 16.9 Å². The fourth-order valence-electron chi connectivity index (χ4n) is 2.78. The van der Waals surface area contributed by atoms with Crippen LogP contribution in [0.5, 0.6) is 0 Å². The van der Waals surface area contributed by atoms with Crippen LogP contribution in [-0.4, -0.2) is 28.8 Å². The van der Waals surface area contributed by atoms with Crippen LogP contribution in [-0.2, 0) is 9.53 Å². The molecule has 1 aliphatic heterocycles. The van der Waals surface area contributed by atoms with Crippen LogP contribution < -0.4 is 5.32 Å². The van der Waals surface area contributed by atoms with Gasteiger partial charge in [-0.05, 0) is 24.6 Å². The number of esters is 1. The van der Waals surface area contributed by atoms with Gasteiger partial charge < -0.3 is 10.1 Å². The monoisotopic (exact) mass is 352 g/mol. The van der Waals surface area contributed by atoms with Crippen LogP contribution in [0.2, 0.25) is 0 Å². The number of non-ortho nitro benzene ring substituents is 1. The molecule has 0 saturated carbocycles. The van der Waals surface area contributed by atoms with E-state index >= 15 is 0 Å². The molecule has 3 rings (SSSR count). The average Bonchev–Trinajstić information content (AvgIpc) is 2.67. The Bertz CT molecular complexity index is 922. The highest BCUT2D eigenvalue weighted by atomic mass is 16.6. The number of benzene rings is 1. The Morgan fingerprint density at radius 2 is 2.00 bits per heavy atom. The van der Waals surface area contributed by atoms with Crippen LogP contribution in [0.4, 0.5) is 5.69 Å². The van der Waals surface area contributed by atoms with Crippen molar-refractivity contribution in [3.8, 4) is 0 Å². The van der Waals surface area contributed by atoms with Crippen molar-refractivity contribution in [3.63, 3.8) is 0 Å². The molecule has 0 fully saturated rings. The van der Waals surface area contributed by atoms with Crippen LogP contribution in [0.3, 0.4) is 0 Å². The predicted octanol–water partition coefficient (Wildman–Crippen LogP) is 2.53. The molecule has 2 heterocycles. The SMILES string of the molecule is COC(=O)C1=C(C)N=C(c2ccncc2)NC1c1cccc([N+](=O)[O-])c1. The Morgan fingerprint density at radius 1 is 1.27 bits per heavy atom. The minimum absolute atomic E-state index is 0.0563. The van der Waals surface area contributed by atoms with Gasteiger partial charge in [-0.15, -0.1) is 0 Å². The number of nitrogens with one attached hydrogen (secondary N) is 1. The lowest BCUT2D eigenvalue weighted by molar-refractivity contribution is -0.384. The highest BCUT2D eigenvalue weighted by Gasteiger charge is 2.31. The summed E-state index contributed by atoms with van der Waals surface area (Å²) in [5.74, 6) is 0.0121. The van der Waals surface area contributed by atoms with Gasteiger partial charge in [-0.25, -0.2) is 9.79 Å². The summed E-state index contributed by atoms with van der Waals surface area (Å²) < 4.78 is 4.88. The molecule has 0 aliphatic carbocycles. The zero-order valence-electron chi connectivity index (χ0n) is 14.2. The normalized spacial score (nSPS) is 16.5. The van der Waals surface area contributed by atoms with Crippen molar-refractivity contribution in [2.75, 3.05) is 7.11 Å². The Kier molecular flexibility index (Phi) is 4.74. The number of carbonyl (C=O) groups excluding carboxylic acids is 1. The third-order valence-corrected chi connectivity index (χ3v) is 4.01. The number of allylic oxidation sites excluding steroid dienone is 1. The van der Waals surface area contributed by atoms with Crippen LogP contribution in [0.1, 0.15) is 24.1 Å². The van der Waals surface area contributed by atoms with E-state index in [9.17, 15) is 14.9 Å². The first-order valence-electron chi connectivity index (χ1n) is 7.80. The summed E-state index contributed by atoms with van der Waals surface area (Å²) in [6.07, 6.45) is 3.27. The number of rotatable bonds is 4. The van der Waals surface area contributed by atoms with Gasteiger partial charge in [0.05, 0.1) is 29.3 Å². The molecule has 0 bridgehead atoms. The van der Waals surface area contributed by atoms with Gasteiger partial charge in [0.1, 0.15) is 5.84 Å². The summed E-state index contributed by atoms with van der Waals surface area (Å²) in [6, 6.07) is 9.08. The van der Waals surface area contributed by atoms with Crippen LogP contribution in [0.15, 0.2) is 65.1 Å². The molecule has 0 spiro atoms. The molecule has 1 unspecified atom stereocenters. The number of nitro groups is 1. The summed E-state index contributed by atoms with van der Waals surface area (Å²) in [7, 11) is 1.29. The smallest absolute Gasteiger partial charge is 0.338 e. The van der Waals surface area contributed by atoms with E-state index in [-0.39, 0.29) is 5.69 Å². The van der Waals surface area contributed by atoms with Crippen LogP contribution >= 0.6 is 0 Å². The van der Waals surface area contributed by atoms with Crippen molar-refractivity contribution in [1.29, 1.82) is 0 Å². The molecule has 0 saturated heterocycles. The Hall–Kier alpha value is -3.55. The lowest BCUT2D eigenvalue weighted by atomic mass is 9.94. The van der Waals surface area contributed by atoms with Gasteiger partial charge >= 0.3 is 5.97 Å². The van der Waals surface area contributed by atoms with Gasteiger partial charge in [0.2, 0.25) is 0 Å². The quantitative estimate of drug-likeness (QED) is 0.515. The van der Waals surface area contributed by atoms with Crippen molar-refractivity contribution in [2.45, 2.75) is 13.0 Å². The topological polar surface area (TPSA) is 107 Å². The molecule has 2 aromatic rings. The molecule has 0 amide bonds. The third-order valence-electron chi connectivity index (χ3n) is 4.01. The van der Waals surface area contributed by atoms with Crippen LogP contribution in [0, 0.1) is 10.1 Å². The number of pyridine rings is 1. The summed E-state index contributed by atoms with van der Waals surface area (Å²) in [4.78, 5) is 31.4. The molecule has 1 aromatic carbocycles. The van der Waals surface area contributed by atoms with E-state index in [1.54, 1.807) is 43.6 Å². The van der Waals surface area contributed by atoms with E-state index in [0.29, 0.717) is 22.7 Å². The van der Waals surface area contributed by atoms with Crippen molar-refractivity contribution in [3.05, 3.63) is 81.3 Å². The van der Waals surface area contributed by atoms with E-state index in [1.165, 1.54) is 19.2 Å². The fourth-order valence-corrected chi connectivity index (χ4v) is 2.78. The van der Waals surface area contributed by atoms with Gasteiger partial charge in [0.15, 0.2) is 0 Å². The van der Waals surface area contributed by atoms with E-state index in [4.69, 9.17) is 4.74 Å². The standard InChI is InChI=1S/C18H16N4O4/c1-11-15(18(23)26-2)16(13-4-3-5-14(10-13)22(24)25)21-17(20-11)12-6-8-19-9-7-12/h3-10,16H,1-2H3,(H,20,21). The molecule has 8 heteroatoms. The average molecular weight is 352 g/mol. The second-order valence-corrected chi connectivity index (χ2v) is 5.62. The van der Waals surface area contributed by atoms with Gasteiger partial charge in [0.25, 0.3) is 5.69 Å². The van der Waals surface area contributed by atoms with Gasteiger partial charge in [-0.1, -0.05) is 12.1 Å². The fraction of sp³-hybridized carbons (Fsp3) is 0.167. The predicted molar refractivity (Wildman–Crippen MR) is 94.5 cm³/mol. The number of methoxy groups -OCH3 is 1. The molecule has 0 radical (unpaired) electrons. The zero-order chi connectivity index (χ0) is 18.7. The second kappa shape index (κ2) is 7.14. The minimum atomic E-state index is -0.622. The maximum absolute atomic E-state index is 12.3. The Labute approximate surface area is 149 Å². The minimum Gasteiger partial charge on any atom is -0.466 e. The maximum Gasteiger partial charge on any atom is 0.338 e. The number of ether oxygens (including phenoxy) is 1. The number of carbonyl (C=O) groups is 1. The number of hydrogen-bond donors (Lipinski definition) is 1. The van der Waals surface area contributed by atoms with Crippen molar-refractivity contribution >= 4 is 17.5 Å². The maximum atomic E-state index is 12.3. The highest BCUT2D eigenvalue weighted by Crippen LogP contribution is 2.31. The van der Waals surface area contributed by atoms with Gasteiger partial charge in [-0.2, -0.15) is 0 Å². The first-order chi connectivity index (χ1) is 12.5. The third kappa shape index (κ3) is 3.30. The van der Waals surface area contributed by atoms with Crippen molar-refractivity contribution in [2.24, 2.45) is 4.99 Å². The highest BCUT2D eigenvalue weighted by molar-refractivity contribution is 6.03. The number of nitro benzene ring substituents is 1. The number of nitrogens with zero attached hydrogens (tertiary/aromatic N) is 3. The van der Waals surface area contributed by atoms with E-state index in [2.05, 4.69) is 15.3 Å². The molecule has 1 aliphatic rings. The van der Waals surface area contributed by atoms with E-state index in [0.717, 1.165) is 5.56 Å². The molecular weight excluding hydrogens is 336 g/mol.